The van der Waals surface area contributed by atoms with Crippen LogP contribution in [-0.4, -0.2) is 21.0 Å². The summed E-state index contributed by atoms with van der Waals surface area (Å²) in [7, 11) is 2.87. The first-order chi connectivity index (χ1) is 2.64. The van der Waals surface area contributed by atoms with E-state index in [1.165, 1.54) is 0 Å². The van der Waals surface area contributed by atoms with Gasteiger partial charge in [-0.25, -0.2) is 0 Å². The van der Waals surface area contributed by atoms with Gasteiger partial charge in [0.25, 0.3) is 0 Å². The summed E-state index contributed by atoms with van der Waals surface area (Å²) in [6.45, 7) is 0. The van der Waals surface area contributed by atoms with Gasteiger partial charge in [-0.3, -0.25) is 4.79 Å². The molecule has 1 amide bonds. The lowest BCUT2D eigenvalue weighted by molar-refractivity contribution is -0.116. The summed E-state index contributed by atoms with van der Waals surface area (Å²) in [4.78, 5) is 9.29. The van der Waals surface area contributed by atoms with E-state index in [2.05, 4.69) is 28.6 Å². The van der Waals surface area contributed by atoms with Crippen LogP contribution in [0.4, 0.5) is 0 Å². The SMILES string of the molecule is NC(=O)C([Si])S. The highest BCUT2D eigenvalue weighted by Crippen LogP contribution is 1.80. The van der Waals surface area contributed by atoms with Gasteiger partial charge in [0.1, 0.15) is 0 Å². The largest absolute Gasteiger partial charge is 0.369 e. The van der Waals surface area contributed by atoms with E-state index in [0.29, 0.717) is 0 Å². The van der Waals surface area contributed by atoms with Crippen molar-refractivity contribution in [3.63, 3.8) is 0 Å². The molecule has 2 N–H and O–H groups in total. The van der Waals surface area contributed by atoms with Crippen LogP contribution in [0.2, 0.25) is 0 Å². The molecule has 0 rings (SSSR count). The van der Waals surface area contributed by atoms with Crippen molar-refractivity contribution in [2.45, 2.75) is 4.87 Å². The van der Waals surface area contributed by atoms with Gasteiger partial charge >= 0.3 is 0 Å². The second-order valence-corrected chi connectivity index (χ2v) is 2.38. The Morgan fingerprint density at radius 1 is 2.00 bits per heavy atom. The van der Waals surface area contributed by atoms with Crippen molar-refractivity contribution >= 4 is 28.8 Å². The normalized spacial score (nSPS) is 13.7. The van der Waals surface area contributed by atoms with Crippen LogP contribution in [0.1, 0.15) is 0 Å². The lowest BCUT2D eigenvalue weighted by Crippen LogP contribution is -2.23. The molecule has 0 aromatic carbocycles. The molecule has 0 aliphatic carbocycles. The Hall–Kier alpha value is 0.0369. The molecule has 0 fully saturated rings. The quantitative estimate of drug-likeness (QED) is 0.333. The first-order valence-corrected chi connectivity index (χ1v) is 2.42. The van der Waals surface area contributed by atoms with Gasteiger partial charge in [-0.2, -0.15) is 12.6 Å². The summed E-state index contributed by atoms with van der Waals surface area (Å²) in [5.41, 5.74) is 4.67. The third-order valence-electron chi connectivity index (χ3n) is 0.269. The molecule has 0 saturated carbocycles. The monoisotopic (exact) mass is 118 g/mol. The number of carbonyl (C=O) groups excluding carboxylic acids is 1. The van der Waals surface area contributed by atoms with Gasteiger partial charge in [0, 0.05) is 0 Å². The van der Waals surface area contributed by atoms with E-state index in [-0.39, 0.29) is 0 Å². The number of amides is 1. The fraction of sp³-hybridized carbons (Fsp3) is 0.500. The molecule has 0 spiro atoms. The van der Waals surface area contributed by atoms with Crippen molar-refractivity contribution in [2.75, 3.05) is 0 Å². The molecule has 0 bridgehead atoms. The van der Waals surface area contributed by atoms with E-state index in [1.54, 1.807) is 0 Å². The molecule has 0 aliphatic heterocycles. The molecule has 0 aromatic rings. The molecule has 0 heterocycles. The molecular formula is C2H4NOSSi. The summed E-state index contributed by atoms with van der Waals surface area (Å²) >= 11 is 3.63. The van der Waals surface area contributed by atoms with Crippen LogP contribution in [0.3, 0.4) is 0 Å². The van der Waals surface area contributed by atoms with Gasteiger partial charge < -0.3 is 5.73 Å². The molecule has 33 valence electrons. The Kier molecular flexibility index (Phi) is 2.27. The summed E-state index contributed by atoms with van der Waals surface area (Å²) in [6.07, 6.45) is 0. The molecule has 0 saturated heterocycles. The van der Waals surface area contributed by atoms with Gasteiger partial charge in [-0.15, -0.1) is 0 Å². The third-order valence-corrected chi connectivity index (χ3v) is 0.808. The summed E-state index contributed by atoms with van der Waals surface area (Å²) in [6, 6.07) is 0. The molecule has 4 heteroatoms. The van der Waals surface area contributed by atoms with Gasteiger partial charge in [-0.05, 0) is 0 Å². The van der Waals surface area contributed by atoms with Crippen LogP contribution >= 0.6 is 12.6 Å². The average molecular weight is 118 g/mol. The maximum absolute atomic E-state index is 9.80. The van der Waals surface area contributed by atoms with Crippen molar-refractivity contribution in [3.8, 4) is 0 Å². The third kappa shape index (κ3) is 2.28. The Labute approximate surface area is 44.9 Å². The van der Waals surface area contributed by atoms with Crippen molar-refractivity contribution in [3.05, 3.63) is 0 Å². The fourth-order valence-corrected chi connectivity index (χ4v) is 0. The van der Waals surface area contributed by atoms with E-state index in [9.17, 15) is 4.79 Å². The zero-order valence-corrected chi connectivity index (χ0v) is 4.90. The van der Waals surface area contributed by atoms with Crippen molar-refractivity contribution in [1.82, 2.24) is 0 Å². The lowest BCUT2D eigenvalue weighted by Gasteiger charge is -1.89. The van der Waals surface area contributed by atoms with Crippen molar-refractivity contribution < 1.29 is 4.79 Å². The summed E-state index contributed by atoms with van der Waals surface area (Å²) in [5.74, 6) is -0.463. The molecule has 0 aliphatic rings. The minimum absolute atomic E-state index is 0.463. The zero-order valence-electron chi connectivity index (χ0n) is 3.01. The van der Waals surface area contributed by atoms with Crippen LogP contribution in [-0.2, 0) is 4.79 Å². The predicted octanol–water partition coefficient (Wildman–Crippen LogP) is -1.10. The zero-order chi connectivity index (χ0) is 5.15. The minimum atomic E-state index is -0.509. The first kappa shape index (κ1) is 6.04. The molecular weight excluding hydrogens is 114 g/mol. The second-order valence-electron chi connectivity index (χ2n) is 0.805. The smallest absolute Gasteiger partial charge is 0.226 e. The van der Waals surface area contributed by atoms with Gasteiger partial charge in [0.15, 0.2) is 0 Å². The maximum Gasteiger partial charge on any atom is 0.226 e. The summed E-state index contributed by atoms with van der Waals surface area (Å²) < 4.78 is 0. The van der Waals surface area contributed by atoms with Crippen LogP contribution in [0.5, 0.6) is 0 Å². The van der Waals surface area contributed by atoms with E-state index in [4.69, 9.17) is 0 Å². The minimum Gasteiger partial charge on any atom is -0.369 e. The lowest BCUT2D eigenvalue weighted by atomic mass is 10.7. The fourth-order valence-electron chi connectivity index (χ4n) is 0. The molecule has 1 atom stereocenters. The van der Waals surface area contributed by atoms with Crippen LogP contribution in [0, 0.1) is 0 Å². The number of thiol groups is 1. The number of primary amides is 1. The maximum atomic E-state index is 9.80. The first-order valence-electron chi connectivity index (χ1n) is 1.33. The van der Waals surface area contributed by atoms with Crippen LogP contribution in [0.25, 0.3) is 0 Å². The topological polar surface area (TPSA) is 43.1 Å². The van der Waals surface area contributed by atoms with Crippen LogP contribution in [0.15, 0.2) is 0 Å². The standard InChI is InChI=1S/C2H4NOSSi/c3-1(4)2(5)6/h2,5H,(H2,3,4). The van der Waals surface area contributed by atoms with Crippen LogP contribution < -0.4 is 5.73 Å². The number of hydrogen-bond acceptors (Lipinski definition) is 2. The molecule has 6 heavy (non-hydrogen) atoms. The molecule has 3 radical (unpaired) electrons. The van der Waals surface area contributed by atoms with E-state index < -0.39 is 10.8 Å². The Bertz CT molecular complexity index is 64.6. The molecule has 0 aromatic heterocycles. The van der Waals surface area contributed by atoms with E-state index in [1.807, 2.05) is 0 Å². The van der Waals surface area contributed by atoms with Crippen molar-refractivity contribution in [2.24, 2.45) is 5.73 Å². The second kappa shape index (κ2) is 2.25. The van der Waals surface area contributed by atoms with E-state index in [0.717, 1.165) is 0 Å². The highest BCUT2D eigenvalue weighted by atomic mass is 32.1. The van der Waals surface area contributed by atoms with Gasteiger partial charge in [0.05, 0.1) is 15.1 Å². The molecule has 1 unspecified atom stereocenters. The predicted molar refractivity (Wildman–Crippen MR) is 27.7 cm³/mol. The number of rotatable bonds is 1. The Morgan fingerprint density at radius 3 is 2.17 bits per heavy atom. The Balaban J connectivity index is 3.26. The summed E-state index contributed by atoms with van der Waals surface area (Å²) in [5, 5.41) is 0. The van der Waals surface area contributed by atoms with Gasteiger partial charge in [0.2, 0.25) is 5.91 Å². The number of carbonyl (C=O) groups is 1. The highest BCUT2D eigenvalue weighted by molar-refractivity contribution is 7.83. The van der Waals surface area contributed by atoms with Gasteiger partial charge in [-0.1, -0.05) is 0 Å². The molecule has 2 nitrogen and oxygen atoms in total. The van der Waals surface area contributed by atoms with Crippen molar-refractivity contribution in [1.29, 1.82) is 0 Å². The number of nitrogens with two attached hydrogens (primary N) is 1. The number of hydrogen-bond donors (Lipinski definition) is 2. The average Bonchev–Trinajstić information content (AvgIpc) is 1.36. The Morgan fingerprint density at radius 2 is 2.17 bits per heavy atom. The van der Waals surface area contributed by atoms with E-state index >= 15 is 0 Å². The highest BCUT2D eigenvalue weighted by Gasteiger charge is 1.97.